The number of fused-ring (bicyclic) bond motifs is 1. The number of aryl methyl sites for hydroxylation is 1. The summed E-state index contributed by atoms with van der Waals surface area (Å²) in [7, 11) is 1.61. The Morgan fingerprint density at radius 1 is 1.35 bits per heavy atom. The molecule has 1 aromatic carbocycles. The number of aromatic nitrogens is 1. The molecule has 1 heterocycles. The van der Waals surface area contributed by atoms with E-state index in [4.69, 9.17) is 4.74 Å². The van der Waals surface area contributed by atoms with E-state index in [1.807, 2.05) is 30.3 Å². The summed E-state index contributed by atoms with van der Waals surface area (Å²) in [5.74, 6) is 0.736. The van der Waals surface area contributed by atoms with Gasteiger partial charge in [0.1, 0.15) is 0 Å². The zero-order valence-corrected chi connectivity index (χ0v) is 11.6. The fourth-order valence-corrected chi connectivity index (χ4v) is 2.28. The Morgan fingerprint density at radius 2 is 2.20 bits per heavy atom. The lowest BCUT2D eigenvalue weighted by Gasteiger charge is -2.08. The van der Waals surface area contributed by atoms with Crippen LogP contribution in [0.15, 0.2) is 30.3 Å². The fourth-order valence-electron chi connectivity index (χ4n) is 2.28. The molecule has 0 atom stereocenters. The third-order valence-electron chi connectivity index (χ3n) is 3.55. The molecule has 3 rings (SSSR count). The van der Waals surface area contributed by atoms with E-state index in [1.54, 1.807) is 7.11 Å². The molecule has 0 spiro atoms. The summed E-state index contributed by atoms with van der Waals surface area (Å²) in [4.78, 5) is 16.3. The van der Waals surface area contributed by atoms with Gasteiger partial charge in [-0.05, 0) is 30.9 Å². The van der Waals surface area contributed by atoms with Crippen LogP contribution in [0, 0.1) is 0 Å². The van der Waals surface area contributed by atoms with E-state index in [9.17, 15) is 4.79 Å². The summed E-state index contributed by atoms with van der Waals surface area (Å²) >= 11 is 0. The minimum atomic E-state index is 0.132. The molecule has 104 valence electrons. The number of hydrogen-bond donors (Lipinski definition) is 1. The number of pyridine rings is 1. The molecule has 4 nitrogen and oxygen atoms in total. The van der Waals surface area contributed by atoms with Crippen LogP contribution < -0.4 is 10.1 Å². The van der Waals surface area contributed by atoms with E-state index in [1.165, 1.54) is 0 Å². The molecule has 0 saturated heterocycles. The van der Waals surface area contributed by atoms with Crippen LogP contribution in [0.5, 0.6) is 5.88 Å². The number of hydrogen-bond acceptors (Lipinski definition) is 3. The highest BCUT2D eigenvalue weighted by Gasteiger charge is 2.22. The predicted molar refractivity (Wildman–Crippen MR) is 77.8 cm³/mol. The van der Waals surface area contributed by atoms with Crippen molar-refractivity contribution in [2.24, 2.45) is 0 Å². The average Bonchev–Trinajstić information content (AvgIpc) is 3.28. The predicted octanol–water partition coefficient (Wildman–Crippen LogP) is 2.45. The van der Waals surface area contributed by atoms with E-state index in [-0.39, 0.29) is 5.91 Å². The Bertz CT molecular complexity index is 635. The van der Waals surface area contributed by atoms with Crippen molar-refractivity contribution >= 4 is 16.8 Å². The molecule has 0 unspecified atom stereocenters. The van der Waals surface area contributed by atoms with E-state index < -0.39 is 0 Å². The van der Waals surface area contributed by atoms with Crippen LogP contribution in [0.2, 0.25) is 0 Å². The number of nitrogens with one attached hydrogen (secondary N) is 1. The van der Waals surface area contributed by atoms with E-state index in [2.05, 4.69) is 10.3 Å². The molecule has 1 N–H and O–H groups in total. The number of methoxy groups -OCH3 is 1. The lowest BCUT2D eigenvalue weighted by atomic mass is 10.1. The van der Waals surface area contributed by atoms with Crippen molar-refractivity contribution in [3.05, 3.63) is 35.9 Å². The number of carbonyl (C=O) groups is 1. The number of ether oxygens (including phenoxy) is 1. The van der Waals surface area contributed by atoms with Crippen molar-refractivity contribution in [1.29, 1.82) is 0 Å². The molecule has 2 aromatic rings. The van der Waals surface area contributed by atoms with Crippen molar-refractivity contribution in [1.82, 2.24) is 10.3 Å². The van der Waals surface area contributed by atoms with Crippen LogP contribution in [0.25, 0.3) is 10.9 Å². The lowest BCUT2D eigenvalue weighted by molar-refractivity contribution is -0.121. The van der Waals surface area contributed by atoms with Gasteiger partial charge in [-0.2, -0.15) is 0 Å². The summed E-state index contributed by atoms with van der Waals surface area (Å²) < 4.78 is 5.17. The minimum absolute atomic E-state index is 0.132. The molecule has 0 bridgehead atoms. The Morgan fingerprint density at radius 3 is 2.95 bits per heavy atom. The van der Waals surface area contributed by atoms with Gasteiger partial charge in [-0.25, -0.2) is 4.98 Å². The van der Waals surface area contributed by atoms with Gasteiger partial charge >= 0.3 is 0 Å². The SMILES string of the molecule is COc1ccc2cccc(CCC(=O)NC3CC3)c2n1. The third-order valence-corrected chi connectivity index (χ3v) is 3.55. The molecule has 1 fully saturated rings. The van der Waals surface area contributed by atoms with Gasteiger partial charge in [-0.1, -0.05) is 18.2 Å². The topological polar surface area (TPSA) is 51.2 Å². The first-order chi connectivity index (χ1) is 9.76. The molecule has 0 aliphatic heterocycles. The van der Waals surface area contributed by atoms with Crippen molar-refractivity contribution in [2.45, 2.75) is 31.7 Å². The van der Waals surface area contributed by atoms with Crippen molar-refractivity contribution in [3.63, 3.8) is 0 Å². The Labute approximate surface area is 118 Å². The number of benzene rings is 1. The highest BCUT2D eigenvalue weighted by atomic mass is 16.5. The fraction of sp³-hybridized carbons (Fsp3) is 0.375. The molecule has 4 heteroatoms. The highest BCUT2D eigenvalue weighted by molar-refractivity contribution is 5.83. The first-order valence-electron chi connectivity index (χ1n) is 6.98. The van der Waals surface area contributed by atoms with Gasteiger partial charge in [-0.3, -0.25) is 4.79 Å². The standard InChI is InChI=1S/C16H18N2O2/c1-20-15-10-6-12-4-2-3-11(16(12)18-15)5-9-14(19)17-13-7-8-13/h2-4,6,10,13H,5,7-9H2,1H3,(H,17,19). The van der Waals surface area contributed by atoms with Gasteiger partial charge in [0.05, 0.1) is 12.6 Å². The zero-order valence-electron chi connectivity index (χ0n) is 11.6. The van der Waals surface area contributed by atoms with Gasteiger partial charge < -0.3 is 10.1 Å². The first kappa shape index (κ1) is 12.9. The molecule has 1 saturated carbocycles. The summed E-state index contributed by atoms with van der Waals surface area (Å²) in [5, 5.41) is 4.09. The molecule has 1 aromatic heterocycles. The molecule has 1 aliphatic rings. The van der Waals surface area contributed by atoms with Crippen LogP contribution in [-0.2, 0) is 11.2 Å². The van der Waals surface area contributed by atoms with Gasteiger partial charge in [0.15, 0.2) is 0 Å². The second-order valence-electron chi connectivity index (χ2n) is 5.18. The Balaban J connectivity index is 1.77. The largest absolute Gasteiger partial charge is 0.481 e. The quantitative estimate of drug-likeness (QED) is 0.908. The molecule has 1 aliphatic carbocycles. The van der Waals surface area contributed by atoms with Gasteiger partial charge in [0.25, 0.3) is 0 Å². The molecule has 20 heavy (non-hydrogen) atoms. The van der Waals surface area contributed by atoms with Crippen LogP contribution in [0.3, 0.4) is 0 Å². The number of amides is 1. The maximum atomic E-state index is 11.8. The molecule has 0 radical (unpaired) electrons. The molecular formula is C16H18N2O2. The van der Waals surface area contributed by atoms with Crippen molar-refractivity contribution in [3.8, 4) is 5.88 Å². The van der Waals surface area contributed by atoms with Crippen LogP contribution in [-0.4, -0.2) is 24.0 Å². The van der Waals surface area contributed by atoms with Crippen molar-refractivity contribution in [2.75, 3.05) is 7.11 Å². The lowest BCUT2D eigenvalue weighted by Crippen LogP contribution is -2.25. The number of rotatable bonds is 5. The van der Waals surface area contributed by atoms with Gasteiger partial charge in [-0.15, -0.1) is 0 Å². The average molecular weight is 270 g/mol. The maximum Gasteiger partial charge on any atom is 0.220 e. The minimum Gasteiger partial charge on any atom is -0.481 e. The number of para-hydroxylation sites is 1. The normalized spacial score (nSPS) is 14.2. The number of carbonyl (C=O) groups excluding carboxylic acids is 1. The van der Waals surface area contributed by atoms with E-state index >= 15 is 0 Å². The summed E-state index contributed by atoms with van der Waals surface area (Å²) in [6, 6.07) is 10.3. The summed E-state index contributed by atoms with van der Waals surface area (Å²) in [6.07, 6.45) is 3.46. The second-order valence-corrected chi connectivity index (χ2v) is 5.18. The van der Waals surface area contributed by atoms with E-state index in [0.29, 0.717) is 24.8 Å². The van der Waals surface area contributed by atoms with Crippen LogP contribution >= 0.6 is 0 Å². The smallest absolute Gasteiger partial charge is 0.220 e. The highest BCUT2D eigenvalue weighted by Crippen LogP contribution is 2.22. The van der Waals surface area contributed by atoms with Gasteiger partial charge in [0.2, 0.25) is 11.8 Å². The van der Waals surface area contributed by atoms with Crippen LogP contribution in [0.4, 0.5) is 0 Å². The summed E-state index contributed by atoms with van der Waals surface area (Å²) in [6.45, 7) is 0. The second kappa shape index (κ2) is 5.49. The monoisotopic (exact) mass is 270 g/mol. The molecular weight excluding hydrogens is 252 g/mol. The van der Waals surface area contributed by atoms with E-state index in [0.717, 1.165) is 29.3 Å². The van der Waals surface area contributed by atoms with Crippen molar-refractivity contribution < 1.29 is 9.53 Å². The van der Waals surface area contributed by atoms with Crippen LogP contribution in [0.1, 0.15) is 24.8 Å². The Hall–Kier alpha value is -2.10. The number of nitrogens with zero attached hydrogens (tertiary/aromatic N) is 1. The third kappa shape index (κ3) is 2.90. The zero-order chi connectivity index (χ0) is 13.9. The maximum absolute atomic E-state index is 11.8. The Kier molecular flexibility index (Phi) is 3.54. The summed E-state index contributed by atoms with van der Waals surface area (Å²) in [5.41, 5.74) is 2.01. The first-order valence-corrected chi connectivity index (χ1v) is 6.98. The molecule has 1 amide bonds. The van der Waals surface area contributed by atoms with Gasteiger partial charge in [0, 0.05) is 23.9 Å².